The van der Waals surface area contributed by atoms with E-state index >= 15 is 0 Å². The number of hydrogen-bond acceptors (Lipinski definition) is 2. The molecule has 1 heterocycles. The summed E-state index contributed by atoms with van der Waals surface area (Å²) in [6.07, 6.45) is 2.37. The Morgan fingerprint density at radius 2 is 2.24 bits per heavy atom. The predicted molar refractivity (Wildman–Crippen MR) is 76.7 cm³/mol. The summed E-state index contributed by atoms with van der Waals surface area (Å²) in [4.78, 5) is 11.4. The SMILES string of the molecule is CC1CCc2c(c(C(=O)O)nn2-c2cc(F)cc(Cl)c2)C1. The molecule has 0 fully saturated rings. The molecule has 4 nitrogen and oxygen atoms in total. The van der Waals surface area contributed by atoms with Crippen LogP contribution in [0.4, 0.5) is 4.39 Å². The molecule has 110 valence electrons. The highest BCUT2D eigenvalue weighted by molar-refractivity contribution is 6.30. The van der Waals surface area contributed by atoms with E-state index in [9.17, 15) is 14.3 Å². The number of carboxylic acid groups (broad SMARTS) is 1. The molecule has 1 aliphatic carbocycles. The van der Waals surface area contributed by atoms with Crippen LogP contribution in [0.1, 0.15) is 35.1 Å². The van der Waals surface area contributed by atoms with Crippen LogP contribution in [0.25, 0.3) is 5.69 Å². The Morgan fingerprint density at radius 3 is 2.90 bits per heavy atom. The summed E-state index contributed by atoms with van der Waals surface area (Å²) >= 11 is 5.88. The van der Waals surface area contributed by atoms with E-state index in [1.165, 1.54) is 16.8 Å². The minimum atomic E-state index is -1.05. The Morgan fingerprint density at radius 1 is 1.48 bits per heavy atom. The first kappa shape index (κ1) is 14.1. The van der Waals surface area contributed by atoms with Crippen molar-refractivity contribution in [2.75, 3.05) is 0 Å². The molecule has 6 heteroatoms. The summed E-state index contributed by atoms with van der Waals surface area (Å²) in [6, 6.07) is 4.10. The third-order valence-corrected chi connectivity index (χ3v) is 4.03. The van der Waals surface area contributed by atoms with Crippen molar-refractivity contribution >= 4 is 17.6 Å². The smallest absolute Gasteiger partial charge is 0.356 e. The fourth-order valence-electron chi connectivity index (χ4n) is 2.84. The summed E-state index contributed by atoms with van der Waals surface area (Å²) in [7, 11) is 0. The van der Waals surface area contributed by atoms with Gasteiger partial charge in [0.2, 0.25) is 0 Å². The van der Waals surface area contributed by atoms with Crippen molar-refractivity contribution < 1.29 is 14.3 Å². The van der Waals surface area contributed by atoms with Crippen LogP contribution in [0, 0.1) is 11.7 Å². The Labute approximate surface area is 126 Å². The Hall–Kier alpha value is -1.88. The molecular weight excluding hydrogens is 295 g/mol. The quantitative estimate of drug-likeness (QED) is 0.924. The molecule has 21 heavy (non-hydrogen) atoms. The second-order valence-electron chi connectivity index (χ2n) is 5.47. The molecule has 0 radical (unpaired) electrons. The normalized spacial score (nSPS) is 17.6. The van der Waals surface area contributed by atoms with E-state index in [0.29, 0.717) is 18.0 Å². The number of benzene rings is 1. The van der Waals surface area contributed by atoms with Gasteiger partial charge in [0.1, 0.15) is 5.82 Å². The number of hydrogen-bond donors (Lipinski definition) is 1. The predicted octanol–water partition coefficient (Wildman–Crippen LogP) is 3.49. The standard InChI is InChI=1S/C15H14ClFN2O2/c1-8-2-3-13-12(4-8)14(15(20)21)18-19(13)11-6-9(16)5-10(17)7-11/h5-8H,2-4H2,1H3,(H,20,21). The van der Waals surface area contributed by atoms with Crippen molar-refractivity contribution in [3.63, 3.8) is 0 Å². The molecule has 0 amide bonds. The van der Waals surface area contributed by atoms with Crippen molar-refractivity contribution in [2.24, 2.45) is 5.92 Å². The van der Waals surface area contributed by atoms with Gasteiger partial charge in [-0.3, -0.25) is 0 Å². The molecule has 3 rings (SSSR count). The fourth-order valence-corrected chi connectivity index (χ4v) is 3.05. The van der Waals surface area contributed by atoms with E-state index < -0.39 is 11.8 Å². The second kappa shape index (κ2) is 5.15. The molecule has 1 unspecified atom stereocenters. The summed E-state index contributed by atoms with van der Waals surface area (Å²) in [5.41, 5.74) is 2.10. The first-order chi connectivity index (χ1) is 9.95. The van der Waals surface area contributed by atoms with Crippen LogP contribution in [0.15, 0.2) is 18.2 Å². The maximum atomic E-state index is 13.5. The maximum absolute atomic E-state index is 13.5. The summed E-state index contributed by atoms with van der Waals surface area (Å²) in [5, 5.41) is 13.8. The number of fused-ring (bicyclic) bond motifs is 1. The van der Waals surface area contributed by atoms with E-state index in [0.717, 1.165) is 24.1 Å². The zero-order valence-corrected chi connectivity index (χ0v) is 12.2. The van der Waals surface area contributed by atoms with E-state index in [-0.39, 0.29) is 10.7 Å². The minimum absolute atomic E-state index is 0.0527. The number of halogens is 2. The van der Waals surface area contributed by atoms with Crippen molar-refractivity contribution in [1.29, 1.82) is 0 Å². The lowest BCUT2D eigenvalue weighted by atomic mass is 9.87. The average Bonchev–Trinajstić information content (AvgIpc) is 2.76. The summed E-state index contributed by atoms with van der Waals surface area (Å²) in [6.45, 7) is 2.09. The van der Waals surface area contributed by atoms with Crippen LogP contribution in [0.2, 0.25) is 5.02 Å². The highest BCUT2D eigenvalue weighted by Crippen LogP contribution is 2.30. The first-order valence-electron chi connectivity index (χ1n) is 6.76. The third kappa shape index (κ3) is 2.53. The van der Waals surface area contributed by atoms with Gasteiger partial charge in [-0.25, -0.2) is 13.9 Å². The van der Waals surface area contributed by atoms with Gasteiger partial charge in [-0.2, -0.15) is 5.10 Å². The van der Waals surface area contributed by atoms with Gasteiger partial charge in [0.05, 0.1) is 5.69 Å². The molecule has 0 saturated carbocycles. The highest BCUT2D eigenvalue weighted by Gasteiger charge is 2.28. The maximum Gasteiger partial charge on any atom is 0.356 e. The van der Waals surface area contributed by atoms with Crippen LogP contribution < -0.4 is 0 Å². The van der Waals surface area contributed by atoms with Crippen molar-refractivity contribution in [3.05, 3.63) is 46.0 Å². The number of rotatable bonds is 2. The first-order valence-corrected chi connectivity index (χ1v) is 7.14. The van der Waals surface area contributed by atoms with Crippen molar-refractivity contribution in [1.82, 2.24) is 9.78 Å². The van der Waals surface area contributed by atoms with Crippen LogP contribution >= 0.6 is 11.6 Å². The number of carboxylic acids is 1. The molecule has 0 bridgehead atoms. The van der Waals surface area contributed by atoms with E-state index in [2.05, 4.69) is 12.0 Å². The van der Waals surface area contributed by atoms with Crippen molar-refractivity contribution in [3.8, 4) is 5.69 Å². The molecule has 2 aromatic rings. The Balaban J connectivity index is 2.19. The Kier molecular flexibility index (Phi) is 3.45. The third-order valence-electron chi connectivity index (χ3n) is 3.81. The second-order valence-corrected chi connectivity index (χ2v) is 5.90. The molecule has 0 spiro atoms. The molecule has 1 aliphatic rings. The molecule has 0 saturated heterocycles. The van der Waals surface area contributed by atoms with Gasteiger partial charge in [-0.05, 0) is 43.4 Å². The lowest BCUT2D eigenvalue weighted by Crippen LogP contribution is -2.14. The van der Waals surface area contributed by atoms with Gasteiger partial charge in [-0.15, -0.1) is 0 Å². The molecule has 0 aliphatic heterocycles. The summed E-state index contributed by atoms with van der Waals surface area (Å²) < 4.78 is 15.0. The number of nitrogens with zero attached hydrogens (tertiary/aromatic N) is 2. The Bertz CT molecular complexity index is 706. The van der Waals surface area contributed by atoms with Crippen LogP contribution in [0.5, 0.6) is 0 Å². The number of aromatic nitrogens is 2. The average molecular weight is 309 g/mol. The highest BCUT2D eigenvalue weighted by atomic mass is 35.5. The van der Waals surface area contributed by atoms with Gasteiger partial charge in [0.25, 0.3) is 0 Å². The lowest BCUT2D eigenvalue weighted by Gasteiger charge is -2.19. The number of aromatic carboxylic acids is 1. The van der Waals surface area contributed by atoms with Gasteiger partial charge in [-0.1, -0.05) is 18.5 Å². The van der Waals surface area contributed by atoms with Crippen LogP contribution in [0.3, 0.4) is 0 Å². The fraction of sp³-hybridized carbons (Fsp3) is 0.333. The van der Waals surface area contributed by atoms with E-state index in [1.807, 2.05) is 0 Å². The van der Waals surface area contributed by atoms with E-state index in [1.54, 1.807) is 6.07 Å². The van der Waals surface area contributed by atoms with Crippen LogP contribution in [-0.2, 0) is 12.8 Å². The topological polar surface area (TPSA) is 55.1 Å². The van der Waals surface area contributed by atoms with Crippen LogP contribution in [-0.4, -0.2) is 20.9 Å². The molecule has 1 aromatic heterocycles. The lowest BCUT2D eigenvalue weighted by molar-refractivity contribution is 0.0688. The minimum Gasteiger partial charge on any atom is -0.476 e. The zero-order valence-electron chi connectivity index (χ0n) is 11.4. The van der Waals surface area contributed by atoms with E-state index in [4.69, 9.17) is 11.6 Å². The molecule has 1 atom stereocenters. The monoisotopic (exact) mass is 308 g/mol. The van der Waals surface area contributed by atoms with Crippen molar-refractivity contribution in [2.45, 2.75) is 26.2 Å². The summed E-state index contributed by atoms with van der Waals surface area (Å²) in [5.74, 6) is -1.10. The van der Waals surface area contributed by atoms with Gasteiger partial charge >= 0.3 is 5.97 Å². The number of carbonyl (C=O) groups is 1. The van der Waals surface area contributed by atoms with Gasteiger partial charge in [0.15, 0.2) is 5.69 Å². The van der Waals surface area contributed by atoms with Gasteiger partial charge in [0, 0.05) is 16.3 Å². The van der Waals surface area contributed by atoms with Gasteiger partial charge < -0.3 is 5.11 Å². The molecule has 1 N–H and O–H groups in total. The largest absolute Gasteiger partial charge is 0.476 e. The molecular formula is C15H14ClFN2O2. The zero-order chi connectivity index (χ0) is 15.1. The molecule has 1 aromatic carbocycles.